The lowest BCUT2D eigenvalue weighted by atomic mass is 10.3. The van der Waals surface area contributed by atoms with Gasteiger partial charge in [-0.2, -0.15) is 0 Å². The fourth-order valence-corrected chi connectivity index (χ4v) is 0.453. The van der Waals surface area contributed by atoms with Crippen LogP contribution in [0, 0.1) is 0 Å². The Morgan fingerprint density at radius 1 is 1.56 bits per heavy atom. The van der Waals surface area contributed by atoms with Crippen molar-refractivity contribution in [1.29, 1.82) is 0 Å². The van der Waals surface area contributed by atoms with E-state index in [0.717, 1.165) is 12.8 Å². The summed E-state index contributed by atoms with van der Waals surface area (Å²) in [5.74, 6) is 0. The van der Waals surface area contributed by atoms with Gasteiger partial charge in [-0.25, -0.2) is 4.79 Å². The number of allylic oxidation sites excluding steroid dienone is 1. The highest BCUT2D eigenvalue weighted by atomic mass is 16.5. The molecule has 0 aromatic heterocycles. The summed E-state index contributed by atoms with van der Waals surface area (Å²) >= 11 is 0. The highest BCUT2D eigenvalue weighted by Gasteiger charge is 1.78. The Morgan fingerprint density at radius 3 is 2.89 bits per heavy atom. The van der Waals surface area contributed by atoms with Gasteiger partial charge in [0, 0.05) is 0 Å². The molecular formula is C7H11O2. The maximum atomic E-state index is 9.47. The van der Waals surface area contributed by atoms with Crippen LogP contribution >= 0.6 is 0 Å². The van der Waals surface area contributed by atoms with Crippen LogP contribution in [0.4, 0.5) is 0 Å². The average Bonchev–Trinajstić information content (AvgIpc) is 1.89. The summed E-state index contributed by atoms with van der Waals surface area (Å²) in [5.41, 5.74) is 0. The first-order valence-corrected chi connectivity index (χ1v) is 3.05. The molecular weight excluding hydrogens is 116 g/mol. The van der Waals surface area contributed by atoms with Gasteiger partial charge in [-0.15, -0.1) is 0 Å². The first kappa shape index (κ1) is 8.21. The largest absolute Gasteiger partial charge is 0.457 e. The van der Waals surface area contributed by atoms with Crippen LogP contribution in [0.5, 0.6) is 0 Å². The van der Waals surface area contributed by atoms with Crippen molar-refractivity contribution in [1.82, 2.24) is 0 Å². The second kappa shape index (κ2) is 7.21. The van der Waals surface area contributed by atoms with E-state index >= 15 is 0 Å². The van der Waals surface area contributed by atoms with Gasteiger partial charge in [0.1, 0.15) is 0 Å². The molecule has 2 nitrogen and oxygen atoms in total. The monoisotopic (exact) mass is 127 g/mol. The van der Waals surface area contributed by atoms with Gasteiger partial charge >= 0.3 is 6.47 Å². The topological polar surface area (TPSA) is 26.3 Å². The summed E-state index contributed by atoms with van der Waals surface area (Å²) < 4.78 is 4.32. The Morgan fingerprint density at radius 2 is 2.33 bits per heavy atom. The molecule has 0 spiro atoms. The number of hydrogen-bond acceptors (Lipinski definition) is 2. The number of carbonyl (C=O) groups excluding carboxylic acids is 1. The van der Waals surface area contributed by atoms with Crippen molar-refractivity contribution in [2.24, 2.45) is 0 Å². The molecule has 0 aromatic rings. The molecule has 0 aromatic carbocycles. The normalized spacial score (nSPS) is 9.89. The summed E-state index contributed by atoms with van der Waals surface area (Å²) in [6, 6.07) is 0. The van der Waals surface area contributed by atoms with Crippen molar-refractivity contribution >= 4 is 6.47 Å². The van der Waals surface area contributed by atoms with Crippen LogP contribution in [0.2, 0.25) is 0 Å². The van der Waals surface area contributed by atoms with Gasteiger partial charge in [-0.05, 0) is 12.8 Å². The second-order valence-corrected chi connectivity index (χ2v) is 1.60. The molecule has 2 heteroatoms. The molecule has 0 unspecified atom stereocenters. The summed E-state index contributed by atoms with van der Waals surface area (Å²) in [6.45, 7) is 3.86. The summed E-state index contributed by atoms with van der Waals surface area (Å²) in [7, 11) is 0. The van der Waals surface area contributed by atoms with Gasteiger partial charge in [0.05, 0.1) is 6.61 Å². The maximum absolute atomic E-state index is 9.47. The predicted octanol–water partition coefficient (Wildman–Crippen LogP) is 1.43. The molecule has 0 bridgehead atoms. The Hall–Kier alpha value is -0.790. The third-order valence-electron chi connectivity index (χ3n) is 0.848. The molecule has 1 radical (unpaired) electrons. The minimum atomic E-state index is 0.444. The second-order valence-electron chi connectivity index (χ2n) is 1.60. The third kappa shape index (κ3) is 7.21. The smallest absolute Gasteiger partial charge is 0.417 e. The Balaban J connectivity index is 2.90. The lowest BCUT2D eigenvalue weighted by molar-refractivity contribution is 0.284. The van der Waals surface area contributed by atoms with Gasteiger partial charge in [0.2, 0.25) is 0 Å². The van der Waals surface area contributed by atoms with Gasteiger partial charge in [0.25, 0.3) is 0 Å². The van der Waals surface area contributed by atoms with Crippen LogP contribution in [0.25, 0.3) is 0 Å². The summed E-state index contributed by atoms with van der Waals surface area (Å²) in [5, 5.41) is 0. The number of ether oxygens (including phenoxy) is 1. The molecule has 0 N–H and O–H groups in total. The molecule has 0 rings (SSSR count). The van der Waals surface area contributed by atoms with E-state index in [0.29, 0.717) is 6.61 Å². The minimum absolute atomic E-state index is 0.444. The molecule has 0 saturated heterocycles. The Kier molecular flexibility index (Phi) is 6.58. The molecule has 9 heavy (non-hydrogen) atoms. The van der Waals surface area contributed by atoms with E-state index in [2.05, 4.69) is 11.7 Å². The van der Waals surface area contributed by atoms with Crippen molar-refractivity contribution < 1.29 is 9.53 Å². The van der Waals surface area contributed by atoms with Crippen LogP contribution in [0.3, 0.4) is 0 Å². The minimum Gasteiger partial charge on any atom is -0.457 e. The SMILES string of the molecule is CC/C=C/CCO[C]=O. The lowest BCUT2D eigenvalue weighted by Crippen LogP contribution is -1.87. The van der Waals surface area contributed by atoms with Crippen LogP contribution in [0.1, 0.15) is 19.8 Å². The standard InChI is InChI=1S/C7H11O2/c1-2-3-4-5-6-9-7-8/h3-4H,2,5-6H2,1H3/b4-3+. The molecule has 0 aliphatic heterocycles. The van der Waals surface area contributed by atoms with Crippen molar-refractivity contribution in [2.75, 3.05) is 6.61 Å². The zero-order valence-electron chi connectivity index (χ0n) is 5.59. The summed E-state index contributed by atoms with van der Waals surface area (Å²) in [4.78, 5) is 9.47. The van der Waals surface area contributed by atoms with Gasteiger partial charge in [-0.3, -0.25) is 0 Å². The van der Waals surface area contributed by atoms with Crippen molar-refractivity contribution in [3.05, 3.63) is 12.2 Å². The molecule has 0 amide bonds. The lowest BCUT2D eigenvalue weighted by Gasteiger charge is -1.88. The van der Waals surface area contributed by atoms with Gasteiger partial charge in [-0.1, -0.05) is 19.1 Å². The van der Waals surface area contributed by atoms with Crippen LogP contribution in [0.15, 0.2) is 12.2 Å². The van der Waals surface area contributed by atoms with E-state index in [9.17, 15) is 4.79 Å². The van der Waals surface area contributed by atoms with E-state index < -0.39 is 0 Å². The van der Waals surface area contributed by atoms with E-state index in [4.69, 9.17) is 0 Å². The zero-order valence-corrected chi connectivity index (χ0v) is 5.59. The third-order valence-corrected chi connectivity index (χ3v) is 0.848. The van der Waals surface area contributed by atoms with Gasteiger partial charge < -0.3 is 4.74 Å². The fourth-order valence-electron chi connectivity index (χ4n) is 0.453. The van der Waals surface area contributed by atoms with E-state index in [1.807, 2.05) is 12.2 Å². The fraction of sp³-hybridized carbons (Fsp3) is 0.571. The average molecular weight is 127 g/mol. The summed E-state index contributed by atoms with van der Waals surface area (Å²) in [6.07, 6.45) is 5.85. The Labute approximate surface area is 55.5 Å². The Bertz CT molecular complexity index is 86.9. The highest BCUT2D eigenvalue weighted by molar-refractivity contribution is 5.38. The van der Waals surface area contributed by atoms with Crippen molar-refractivity contribution in [2.45, 2.75) is 19.8 Å². The molecule has 0 saturated carbocycles. The van der Waals surface area contributed by atoms with Gasteiger partial charge in [0.15, 0.2) is 0 Å². The molecule has 0 aliphatic carbocycles. The van der Waals surface area contributed by atoms with E-state index in [1.165, 1.54) is 6.47 Å². The highest BCUT2D eigenvalue weighted by Crippen LogP contribution is 1.85. The van der Waals surface area contributed by atoms with E-state index in [1.54, 1.807) is 0 Å². The molecule has 51 valence electrons. The zero-order chi connectivity index (χ0) is 6.95. The van der Waals surface area contributed by atoms with Crippen LogP contribution in [-0.2, 0) is 9.53 Å². The number of rotatable bonds is 5. The van der Waals surface area contributed by atoms with Crippen LogP contribution < -0.4 is 0 Å². The molecule has 0 fully saturated rings. The van der Waals surface area contributed by atoms with Crippen LogP contribution in [-0.4, -0.2) is 13.1 Å². The quantitative estimate of drug-likeness (QED) is 0.412. The van der Waals surface area contributed by atoms with E-state index in [-0.39, 0.29) is 0 Å². The van der Waals surface area contributed by atoms with Crippen molar-refractivity contribution in [3.8, 4) is 0 Å². The van der Waals surface area contributed by atoms with Crippen molar-refractivity contribution in [3.63, 3.8) is 0 Å². The first-order chi connectivity index (χ1) is 4.41. The molecule has 0 heterocycles. The predicted molar refractivity (Wildman–Crippen MR) is 35.7 cm³/mol. The number of hydrogen-bond donors (Lipinski definition) is 0. The first-order valence-electron chi connectivity index (χ1n) is 3.05. The molecule has 0 aliphatic rings. The molecule has 0 atom stereocenters. The maximum Gasteiger partial charge on any atom is 0.417 e.